The highest BCUT2D eigenvalue weighted by Gasteiger charge is 2.38. The van der Waals surface area contributed by atoms with Gasteiger partial charge in [-0.1, -0.05) is 55.5 Å². The van der Waals surface area contributed by atoms with E-state index in [1.54, 1.807) is 6.92 Å². The minimum absolute atomic E-state index is 0.0767. The number of carboxylic acid groups (broad SMARTS) is 1. The largest absolute Gasteiger partial charge is 0.481 e. The fraction of sp³-hybridized carbons (Fsp3) is 0.292. The smallest absolute Gasteiger partial charge is 0.414 e. The van der Waals surface area contributed by atoms with E-state index in [0.29, 0.717) is 6.54 Å². The molecule has 0 bridgehead atoms. The van der Waals surface area contributed by atoms with Crippen LogP contribution >= 0.6 is 0 Å². The molecule has 5 rings (SSSR count). The van der Waals surface area contributed by atoms with E-state index in [1.165, 1.54) is 4.90 Å². The number of aromatic nitrogens is 3. The number of carbonyl (C=O) groups is 3. The molecule has 0 unspecified atom stereocenters. The van der Waals surface area contributed by atoms with E-state index in [1.807, 2.05) is 36.4 Å². The molecule has 3 aromatic rings. The predicted octanol–water partition coefficient (Wildman–Crippen LogP) is 2.96. The van der Waals surface area contributed by atoms with Gasteiger partial charge in [-0.15, -0.1) is 5.10 Å². The Morgan fingerprint density at radius 1 is 1.09 bits per heavy atom. The molecule has 1 aliphatic carbocycles. The second-order valence-electron chi connectivity index (χ2n) is 8.59. The quantitative estimate of drug-likeness (QED) is 0.531. The van der Waals surface area contributed by atoms with Crippen molar-refractivity contribution >= 4 is 23.9 Å². The molecular formula is C24H23N5O5. The Morgan fingerprint density at radius 2 is 1.74 bits per heavy atom. The molecule has 2 amide bonds. The summed E-state index contributed by atoms with van der Waals surface area (Å²) >= 11 is 0. The molecule has 34 heavy (non-hydrogen) atoms. The highest BCUT2D eigenvalue weighted by molar-refractivity contribution is 5.92. The van der Waals surface area contributed by atoms with Gasteiger partial charge >= 0.3 is 12.1 Å². The number of rotatable bonds is 5. The van der Waals surface area contributed by atoms with Crippen molar-refractivity contribution in [3.8, 4) is 11.1 Å². The number of benzene rings is 2. The number of carbonyl (C=O) groups excluding carboxylic acids is 2. The number of hydrogen-bond acceptors (Lipinski definition) is 6. The summed E-state index contributed by atoms with van der Waals surface area (Å²) in [6.07, 6.45) is -0.736. The van der Waals surface area contributed by atoms with Crippen LogP contribution in [0.1, 0.15) is 34.6 Å². The van der Waals surface area contributed by atoms with Crippen LogP contribution in [0.2, 0.25) is 0 Å². The first-order chi connectivity index (χ1) is 16.4. The number of fused-ring (bicyclic) bond motifs is 3. The summed E-state index contributed by atoms with van der Waals surface area (Å²) in [7, 11) is 0. The average Bonchev–Trinajstić information content (AvgIpc) is 3.53. The summed E-state index contributed by atoms with van der Waals surface area (Å²) in [5.74, 6) is -2.44. The maximum atomic E-state index is 12.6. The third-order valence-electron chi connectivity index (χ3n) is 6.46. The molecule has 2 aromatic carbocycles. The standard InChI is InChI=1S/C24H23N5O5/c1-13-10-29(11-18(13)22(31)32)21(30)20-25-23(28-27-20)26-24(33)34-12-19-16-8-4-2-6-14(16)15-7-3-5-9-17(15)19/h2-9,13,18-19H,10-12H2,1H3,(H,31,32)(H2,25,26,27,28,33)/t13-,18-/m1/s1. The average molecular weight is 461 g/mol. The lowest BCUT2D eigenvalue weighted by Gasteiger charge is -2.14. The van der Waals surface area contributed by atoms with E-state index in [2.05, 4.69) is 32.6 Å². The molecule has 1 fully saturated rings. The van der Waals surface area contributed by atoms with Gasteiger partial charge in [0.25, 0.3) is 11.9 Å². The number of likely N-dealkylation sites (tertiary alicyclic amines) is 1. The van der Waals surface area contributed by atoms with Gasteiger partial charge in [-0.3, -0.25) is 20.0 Å². The number of H-pyrrole nitrogens is 1. The molecular weight excluding hydrogens is 438 g/mol. The third kappa shape index (κ3) is 3.87. The molecule has 0 saturated carbocycles. The Bertz CT molecular complexity index is 1230. The van der Waals surface area contributed by atoms with Crippen molar-refractivity contribution in [1.29, 1.82) is 0 Å². The van der Waals surface area contributed by atoms with Gasteiger partial charge in [-0.25, -0.2) is 4.79 Å². The maximum absolute atomic E-state index is 12.6. The van der Waals surface area contributed by atoms with Gasteiger partial charge in [0.05, 0.1) is 5.92 Å². The van der Waals surface area contributed by atoms with Crippen LogP contribution in [-0.4, -0.2) is 62.9 Å². The summed E-state index contributed by atoms with van der Waals surface area (Å²) in [4.78, 5) is 41.8. The fourth-order valence-electron chi connectivity index (χ4n) is 4.74. The Labute approximate surface area is 195 Å². The molecule has 2 atom stereocenters. The first-order valence-corrected chi connectivity index (χ1v) is 11.0. The molecule has 1 aromatic heterocycles. The normalized spacial score (nSPS) is 18.9. The molecule has 10 nitrogen and oxygen atoms in total. The number of amides is 2. The molecule has 0 spiro atoms. The van der Waals surface area contributed by atoms with E-state index in [4.69, 9.17) is 4.74 Å². The molecule has 2 heterocycles. The lowest BCUT2D eigenvalue weighted by Crippen LogP contribution is -2.30. The summed E-state index contributed by atoms with van der Waals surface area (Å²) in [6.45, 7) is 2.34. The molecule has 2 aliphatic rings. The highest BCUT2D eigenvalue weighted by Crippen LogP contribution is 2.44. The minimum Gasteiger partial charge on any atom is -0.481 e. The number of anilines is 1. The zero-order valence-corrected chi connectivity index (χ0v) is 18.4. The van der Waals surface area contributed by atoms with Gasteiger partial charge in [0.2, 0.25) is 5.82 Å². The number of ether oxygens (including phenoxy) is 1. The number of nitrogens with one attached hydrogen (secondary N) is 2. The maximum Gasteiger partial charge on any atom is 0.414 e. The van der Waals surface area contributed by atoms with Crippen molar-refractivity contribution < 1.29 is 24.2 Å². The molecule has 3 N–H and O–H groups in total. The third-order valence-corrected chi connectivity index (χ3v) is 6.46. The summed E-state index contributed by atoms with van der Waals surface area (Å²) in [5, 5.41) is 18.1. The first kappa shape index (κ1) is 21.6. The summed E-state index contributed by atoms with van der Waals surface area (Å²) in [6, 6.07) is 16.1. The van der Waals surface area contributed by atoms with E-state index >= 15 is 0 Å². The molecule has 174 valence electrons. The van der Waals surface area contributed by atoms with Gasteiger partial charge in [-0.2, -0.15) is 4.98 Å². The van der Waals surface area contributed by atoms with Crippen molar-refractivity contribution in [3.05, 3.63) is 65.5 Å². The Kier molecular flexibility index (Phi) is 5.48. The van der Waals surface area contributed by atoms with Crippen LogP contribution in [0.4, 0.5) is 10.7 Å². The molecule has 1 saturated heterocycles. The second-order valence-corrected chi connectivity index (χ2v) is 8.59. The van der Waals surface area contributed by atoms with Crippen LogP contribution in [0.25, 0.3) is 11.1 Å². The number of aliphatic carboxylic acids is 1. The fourth-order valence-corrected chi connectivity index (χ4v) is 4.74. The van der Waals surface area contributed by atoms with Crippen LogP contribution in [0, 0.1) is 11.8 Å². The van der Waals surface area contributed by atoms with Gasteiger partial charge in [0, 0.05) is 19.0 Å². The monoisotopic (exact) mass is 461 g/mol. The number of aromatic amines is 1. The van der Waals surface area contributed by atoms with Gasteiger partial charge < -0.3 is 14.7 Å². The second kappa shape index (κ2) is 8.62. The first-order valence-electron chi connectivity index (χ1n) is 11.0. The van der Waals surface area contributed by atoms with Crippen LogP contribution < -0.4 is 5.32 Å². The minimum atomic E-state index is -0.932. The van der Waals surface area contributed by atoms with Gasteiger partial charge in [0.1, 0.15) is 6.61 Å². The summed E-state index contributed by atoms with van der Waals surface area (Å²) < 4.78 is 5.46. The van der Waals surface area contributed by atoms with E-state index in [0.717, 1.165) is 22.3 Å². The van der Waals surface area contributed by atoms with Crippen molar-refractivity contribution in [2.75, 3.05) is 25.0 Å². The predicted molar refractivity (Wildman–Crippen MR) is 121 cm³/mol. The molecule has 0 radical (unpaired) electrons. The zero-order valence-electron chi connectivity index (χ0n) is 18.4. The van der Waals surface area contributed by atoms with E-state index in [9.17, 15) is 19.5 Å². The number of carboxylic acids is 1. The van der Waals surface area contributed by atoms with Crippen molar-refractivity contribution in [1.82, 2.24) is 20.1 Å². The molecule has 1 aliphatic heterocycles. The van der Waals surface area contributed by atoms with Crippen molar-refractivity contribution in [3.63, 3.8) is 0 Å². The van der Waals surface area contributed by atoms with Crippen molar-refractivity contribution in [2.45, 2.75) is 12.8 Å². The lowest BCUT2D eigenvalue weighted by atomic mass is 9.98. The number of hydrogen-bond donors (Lipinski definition) is 3. The van der Waals surface area contributed by atoms with Gasteiger partial charge in [0.15, 0.2) is 0 Å². The van der Waals surface area contributed by atoms with Crippen molar-refractivity contribution in [2.24, 2.45) is 11.8 Å². The lowest BCUT2D eigenvalue weighted by molar-refractivity contribution is -0.142. The van der Waals surface area contributed by atoms with E-state index < -0.39 is 23.9 Å². The SMILES string of the molecule is C[C@@H]1CN(C(=O)c2nc(NC(=O)OCC3c4ccccc4-c4ccccc43)n[nH]2)C[C@H]1C(=O)O. The van der Waals surface area contributed by atoms with Crippen LogP contribution in [-0.2, 0) is 9.53 Å². The summed E-state index contributed by atoms with van der Waals surface area (Å²) in [5.41, 5.74) is 4.46. The van der Waals surface area contributed by atoms with E-state index in [-0.39, 0.29) is 36.8 Å². The Morgan fingerprint density at radius 3 is 2.35 bits per heavy atom. The highest BCUT2D eigenvalue weighted by atomic mass is 16.5. The zero-order chi connectivity index (χ0) is 23.8. The van der Waals surface area contributed by atoms with Gasteiger partial charge in [-0.05, 0) is 28.2 Å². The number of nitrogens with zero attached hydrogens (tertiary/aromatic N) is 3. The van der Waals surface area contributed by atoms with Crippen LogP contribution in [0.15, 0.2) is 48.5 Å². The topological polar surface area (TPSA) is 138 Å². The Hall–Kier alpha value is -4.21. The van der Waals surface area contributed by atoms with Crippen LogP contribution in [0.3, 0.4) is 0 Å². The van der Waals surface area contributed by atoms with Crippen LogP contribution in [0.5, 0.6) is 0 Å². The Balaban J connectivity index is 1.21. The molecule has 10 heteroatoms.